The molecule has 92 valence electrons. The van der Waals surface area contributed by atoms with Crippen LogP contribution < -0.4 is 4.74 Å². The molecule has 1 unspecified atom stereocenters. The lowest BCUT2D eigenvalue weighted by molar-refractivity contribution is 0.214. The lowest BCUT2D eigenvalue weighted by atomic mass is 10.0. The molecule has 0 saturated carbocycles. The Morgan fingerprint density at radius 2 is 2.22 bits per heavy atom. The summed E-state index contributed by atoms with van der Waals surface area (Å²) in [5.41, 5.74) is 2.62. The van der Waals surface area contributed by atoms with Crippen molar-refractivity contribution in [2.24, 2.45) is 0 Å². The highest BCUT2D eigenvalue weighted by molar-refractivity contribution is 5.41. The molecule has 4 nitrogen and oxygen atoms in total. The molecule has 1 N–H and O–H groups in total. The number of aryl methyl sites for hydroxylation is 1. The predicted octanol–water partition coefficient (Wildman–Crippen LogP) is 1.80. The van der Waals surface area contributed by atoms with Gasteiger partial charge in [-0.3, -0.25) is 0 Å². The zero-order valence-corrected chi connectivity index (χ0v) is 10.1. The van der Waals surface area contributed by atoms with Crippen molar-refractivity contribution < 1.29 is 9.84 Å². The van der Waals surface area contributed by atoms with E-state index in [1.54, 1.807) is 12.3 Å². The highest BCUT2D eigenvalue weighted by atomic mass is 16.5. The van der Waals surface area contributed by atoms with Crippen molar-refractivity contribution in [3.05, 3.63) is 53.1 Å². The number of aliphatic hydroxyl groups is 1. The van der Waals surface area contributed by atoms with E-state index < -0.39 is 6.10 Å². The van der Waals surface area contributed by atoms with E-state index in [0.717, 1.165) is 29.9 Å². The second-order valence-electron chi connectivity index (χ2n) is 4.40. The van der Waals surface area contributed by atoms with Crippen LogP contribution in [-0.4, -0.2) is 21.7 Å². The molecule has 1 aromatic heterocycles. The zero-order valence-electron chi connectivity index (χ0n) is 10.1. The van der Waals surface area contributed by atoms with E-state index in [4.69, 9.17) is 4.74 Å². The molecule has 1 atom stereocenters. The van der Waals surface area contributed by atoms with Crippen LogP contribution in [0.3, 0.4) is 0 Å². The Labute approximate surface area is 105 Å². The number of fused-ring (bicyclic) bond motifs is 1. The van der Waals surface area contributed by atoms with Gasteiger partial charge in [-0.15, -0.1) is 0 Å². The smallest absolute Gasteiger partial charge is 0.125 e. The topological polar surface area (TPSA) is 55.2 Å². The van der Waals surface area contributed by atoms with Gasteiger partial charge in [0.05, 0.1) is 12.3 Å². The van der Waals surface area contributed by atoms with Gasteiger partial charge in [-0.1, -0.05) is 6.07 Å². The number of rotatable bonds is 2. The van der Waals surface area contributed by atoms with Crippen LogP contribution in [0.15, 0.2) is 30.5 Å². The number of hydrogen-bond acceptors (Lipinski definition) is 4. The van der Waals surface area contributed by atoms with Crippen molar-refractivity contribution in [2.45, 2.75) is 19.4 Å². The van der Waals surface area contributed by atoms with Crippen LogP contribution in [0.1, 0.15) is 28.7 Å². The first-order valence-electron chi connectivity index (χ1n) is 5.97. The maximum Gasteiger partial charge on any atom is 0.125 e. The second kappa shape index (κ2) is 4.38. The molecular formula is C14H14N2O2. The van der Waals surface area contributed by atoms with E-state index in [-0.39, 0.29) is 0 Å². The number of hydrogen-bond donors (Lipinski definition) is 1. The van der Waals surface area contributed by atoms with Gasteiger partial charge in [0.15, 0.2) is 0 Å². The number of ether oxygens (including phenoxy) is 1. The average molecular weight is 242 g/mol. The molecule has 3 rings (SSSR count). The molecule has 0 radical (unpaired) electrons. The summed E-state index contributed by atoms with van der Waals surface area (Å²) in [6.07, 6.45) is 1.85. The van der Waals surface area contributed by atoms with Crippen LogP contribution in [0, 0.1) is 6.92 Å². The largest absolute Gasteiger partial charge is 0.493 e. The molecule has 0 spiro atoms. The summed E-state index contributed by atoms with van der Waals surface area (Å²) in [6, 6.07) is 7.52. The molecular weight excluding hydrogens is 228 g/mol. The van der Waals surface area contributed by atoms with Gasteiger partial charge in [-0.2, -0.15) is 0 Å². The Balaban J connectivity index is 1.95. The summed E-state index contributed by atoms with van der Waals surface area (Å²) in [4.78, 5) is 8.28. The van der Waals surface area contributed by atoms with Gasteiger partial charge in [0.1, 0.15) is 17.7 Å². The van der Waals surface area contributed by atoms with Gasteiger partial charge in [-0.05, 0) is 36.2 Å². The third-order valence-corrected chi connectivity index (χ3v) is 3.11. The van der Waals surface area contributed by atoms with Crippen molar-refractivity contribution in [2.75, 3.05) is 6.61 Å². The van der Waals surface area contributed by atoms with Crippen LogP contribution in [0.25, 0.3) is 0 Å². The zero-order chi connectivity index (χ0) is 12.5. The highest BCUT2D eigenvalue weighted by Crippen LogP contribution is 2.29. The minimum absolute atomic E-state index is 0.626. The van der Waals surface area contributed by atoms with Crippen LogP contribution >= 0.6 is 0 Å². The minimum atomic E-state index is -0.711. The van der Waals surface area contributed by atoms with Crippen molar-refractivity contribution in [3.63, 3.8) is 0 Å². The van der Waals surface area contributed by atoms with E-state index in [1.165, 1.54) is 0 Å². The Kier molecular flexibility index (Phi) is 2.72. The molecule has 4 heteroatoms. The third kappa shape index (κ3) is 1.95. The molecule has 0 amide bonds. The maximum absolute atomic E-state index is 10.3. The second-order valence-corrected chi connectivity index (χ2v) is 4.40. The number of nitrogens with zero attached hydrogens (tertiary/aromatic N) is 2. The molecule has 1 aliphatic rings. The van der Waals surface area contributed by atoms with Gasteiger partial charge < -0.3 is 9.84 Å². The van der Waals surface area contributed by atoms with Gasteiger partial charge in [-0.25, -0.2) is 9.97 Å². The fourth-order valence-corrected chi connectivity index (χ4v) is 2.17. The van der Waals surface area contributed by atoms with Crippen molar-refractivity contribution >= 4 is 0 Å². The monoisotopic (exact) mass is 242 g/mol. The molecule has 0 saturated heterocycles. The summed E-state index contributed by atoms with van der Waals surface area (Å²) >= 11 is 0. The Bertz CT molecular complexity index is 584. The van der Waals surface area contributed by atoms with Gasteiger partial charge >= 0.3 is 0 Å². The number of aliphatic hydroxyl groups excluding tert-OH is 1. The lowest BCUT2D eigenvalue weighted by Crippen LogP contribution is -2.04. The van der Waals surface area contributed by atoms with Gasteiger partial charge in [0.2, 0.25) is 0 Å². The first-order chi connectivity index (χ1) is 8.74. The first kappa shape index (κ1) is 11.2. The molecule has 0 aliphatic carbocycles. The maximum atomic E-state index is 10.3. The van der Waals surface area contributed by atoms with Crippen LogP contribution in [0.4, 0.5) is 0 Å². The summed E-state index contributed by atoms with van der Waals surface area (Å²) in [5.74, 6) is 1.58. The van der Waals surface area contributed by atoms with Crippen molar-refractivity contribution in [1.82, 2.24) is 9.97 Å². The molecule has 0 fully saturated rings. The minimum Gasteiger partial charge on any atom is -0.493 e. The SMILES string of the molecule is Cc1nccc(C(O)c2ccc3c(c2)CCO3)n1. The van der Waals surface area contributed by atoms with Gasteiger partial charge in [0, 0.05) is 12.6 Å². The number of benzene rings is 1. The molecule has 0 bridgehead atoms. The number of aromatic nitrogens is 2. The third-order valence-electron chi connectivity index (χ3n) is 3.11. The van der Waals surface area contributed by atoms with Crippen LogP contribution in [-0.2, 0) is 6.42 Å². The Hall–Kier alpha value is -1.94. The molecule has 1 aromatic carbocycles. The van der Waals surface area contributed by atoms with Crippen LogP contribution in [0.2, 0.25) is 0 Å². The first-order valence-corrected chi connectivity index (χ1v) is 5.97. The van der Waals surface area contributed by atoms with Crippen molar-refractivity contribution in [3.8, 4) is 5.75 Å². The van der Waals surface area contributed by atoms with E-state index in [0.29, 0.717) is 11.5 Å². The van der Waals surface area contributed by atoms with Crippen LogP contribution in [0.5, 0.6) is 5.75 Å². The van der Waals surface area contributed by atoms with E-state index >= 15 is 0 Å². The Morgan fingerprint density at radius 3 is 3.06 bits per heavy atom. The molecule has 18 heavy (non-hydrogen) atoms. The quantitative estimate of drug-likeness (QED) is 0.872. The predicted molar refractivity (Wildman–Crippen MR) is 66.5 cm³/mol. The summed E-state index contributed by atoms with van der Waals surface area (Å²) in [7, 11) is 0. The van der Waals surface area contributed by atoms with E-state index in [9.17, 15) is 5.11 Å². The Morgan fingerprint density at radius 1 is 1.33 bits per heavy atom. The van der Waals surface area contributed by atoms with E-state index in [1.807, 2.05) is 25.1 Å². The summed E-state index contributed by atoms with van der Waals surface area (Å²) in [5, 5.41) is 10.3. The highest BCUT2D eigenvalue weighted by Gasteiger charge is 2.17. The fraction of sp³-hybridized carbons (Fsp3) is 0.286. The normalized spacial score (nSPS) is 15.0. The summed E-state index contributed by atoms with van der Waals surface area (Å²) in [6.45, 7) is 2.54. The molecule has 2 heterocycles. The lowest BCUT2D eigenvalue weighted by Gasteiger charge is -2.11. The van der Waals surface area contributed by atoms with Crippen molar-refractivity contribution in [1.29, 1.82) is 0 Å². The molecule has 2 aromatic rings. The molecule has 1 aliphatic heterocycles. The average Bonchev–Trinajstić information content (AvgIpc) is 2.85. The standard InChI is InChI=1S/C14H14N2O2/c1-9-15-6-4-12(16-9)14(17)11-2-3-13-10(8-11)5-7-18-13/h2-4,6,8,14,17H,5,7H2,1H3. The fourth-order valence-electron chi connectivity index (χ4n) is 2.17. The summed E-state index contributed by atoms with van der Waals surface area (Å²) < 4.78 is 5.45. The van der Waals surface area contributed by atoms with E-state index in [2.05, 4.69) is 9.97 Å². The van der Waals surface area contributed by atoms with Gasteiger partial charge in [0.25, 0.3) is 0 Å².